The van der Waals surface area contributed by atoms with Crippen molar-refractivity contribution >= 4 is 44.6 Å². The summed E-state index contributed by atoms with van der Waals surface area (Å²) in [4.78, 5) is 0. The van der Waals surface area contributed by atoms with Crippen LogP contribution in [0.3, 0.4) is 0 Å². The van der Waals surface area contributed by atoms with Gasteiger partial charge in [0.15, 0.2) is 0 Å². The Hall–Kier alpha value is 0.190. The Morgan fingerprint density at radius 1 is 1.56 bits per heavy atom. The van der Waals surface area contributed by atoms with Gasteiger partial charge in [-0.15, -0.1) is 22.9 Å². The third kappa shape index (κ3) is 3.60. The summed E-state index contributed by atoms with van der Waals surface area (Å²) in [5.41, 5.74) is 0.775. The van der Waals surface area contributed by atoms with Gasteiger partial charge in [-0.05, 0) is 31.9 Å². The van der Waals surface area contributed by atoms with Gasteiger partial charge in [-0.1, -0.05) is 11.6 Å². The number of thiophene rings is 1. The van der Waals surface area contributed by atoms with Crippen molar-refractivity contribution in [2.45, 2.75) is 30.5 Å². The number of sulfonamides is 1. The maximum absolute atomic E-state index is 11.9. The molecule has 0 amide bonds. The average molecular weight is 302 g/mol. The van der Waals surface area contributed by atoms with E-state index in [2.05, 4.69) is 4.72 Å². The van der Waals surface area contributed by atoms with E-state index >= 15 is 0 Å². The third-order valence-electron chi connectivity index (χ3n) is 2.00. The Morgan fingerprint density at radius 3 is 2.62 bits per heavy atom. The second-order valence-electron chi connectivity index (χ2n) is 3.52. The van der Waals surface area contributed by atoms with Gasteiger partial charge in [-0.25, -0.2) is 13.1 Å². The minimum Gasteiger partial charge on any atom is -0.208 e. The van der Waals surface area contributed by atoms with E-state index in [1.54, 1.807) is 19.9 Å². The minimum atomic E-state index is -3.46. The van der Waals surface area contributed by atoms with Crippen molar-refractivity contribution in [3.63, 3.8) is 0 Å². The van der Waals surface area contributed by atoms with Gasteiger partial charge in [0.1, 0.15) is 4.21 Å². The molecule has 92 valence electrons. The summed E-state index contributed by atoms with van der Waals surface area (Å²) >= 11 is 12.4. The number of alkyl halides is 1. The summed E-state index contributed by atoms with van der Waals surface area (Å²) in [5.74, 6) is 0.425. The lowest BCUT2D eigenvalue weighted by Crippen LogP contribution is -2.32. The molecule has 0 radical (unpaired) electrons. The van der Waals surface area contributed by atoms with Crippen molar-refractivity contribution in [3.05, 3.63) is 16.0 Å². The fourth-order valence-corrected chi connectivity index (χ4v) is 4.44. The summed E-state index contributed by atoms with van der Waals surface area (Å²) in [6.07, 6.45) is 0.596. The Balaban J connectivity index is 2.86. The van der Waals surface area contributed by atoms with Gasteiger partial charge in [0.25, 0.3) is 0 Å². The van der Waals surface area contributed by atoms with Crippen molar-refractivity contribution in [1.29, 1.82) is 0 Å². The van der Waals surface area contributed by atoms with Crippen LogP contribution in [0.15, 0.2) is 10.3 Å². The van der Waals surface area contributed by atoms with Crippen LogP contribution in [0.2, 0.25) is 4.34 Å². The molecule has 7 heteroatoms. The highest BCUT2D eigenvalue weighted by Crippen LogP contribution is 2.30. The zero-order valence-corrected chi connectivity index (χ0v) is 12.1. The first-order valence-electron chi connectivity index (χ1n) is 4.71. The van der Waals surface area contributed by atoms with Crippen LogP contribution < -0.4 is 4.72 Å². The first-order chi connectivity index (χ1) is 7.36. The predicted octanol–water partition coefficient (Wildman–Crippen LogP) is 3.01. The maximum Gasteiger partial charge on any atom is 0.250 e. The first-order valence-corrected chi connectivity index (χ1v) is 7.92. The molecule has 16 heavy (non-hydrogen) atoms. The molecule has 0 saturated carbocycles. The molecule has 0 saturated heterocycles. The highest BCUT2D eigenvalue weighted by molar-refractivity contribution is 7.91. The average Bonchev–Trinajstić information content (AvgIpc) is 2.47. The molecule has 3 nitrogen and oxygen atoms in total. The number of hydrogen-bond donors (Lipinski definition) is 1. The Morgan fingerprint density at radius 2 is 2.19 bits per heavy atom. The molecule has 1 atom stereocenters. The lowest BCUT2D eigenvalue weighted by atomic mass is 10.3. The van der Waals surface area contributed by atoms with Crippen LogP contribution in [-0.4, -0.2) is 20.3 Å². The van der Waals surface area contributed by atoms with Crippen LogP contribution in [0.5, 0.6) is 0 Å². The molecule has 1 aromatic rings. The Bertz CT molecular complexity index is 437. The highest BCUT2D eigenvalue weighted by Gasteiger charge is 2.20. The molecular weight excluding hydrogens is 289 g/mol. The van der Waals surface area contributed by atoms with Crippen molar-refractivity contribution in [3.8, 4) is 0 Å². The van der Waals surface area contributed by atoms with Crippen molar-refractivity contribution < 1.29 is 8.42 Å². The lowest BCUT2D eigenvalue weighted by Gasteiger charge is -2.11. The molecule has 0 spiro atoms. The van der Waals surface area contributed by atoms with E-state index < -0.39 is 10.0 Å². The van der Waals surface area contributed by atoms with E-state index in [0.29, 0.717) is 16.6 Å². The third-order valence-corrected chi connectivity index (χ3v) is 5.83. The lowest BCUT2D eigenvalue weighted by molar-refractivity contribution is 0.558. The number of rotatable bonds is 5. The minimum absolute atomic E-state index is 0.177. The van der Waals surface area contributed by atoms with Crippen LogP contribution in [0, 0.1) is 6.92 Å². The van der Waals surface area contributed by atoms with Gasteiger partial charge in [-0.3, -0.25) is 0 Å². The second kappa shape index (κ2) is 5.69. The van der Waals surface area contributed by atoms with Gasteiger partial charge in [0, 0.05) is 11.9 Å². The SMILES string of the molecule is Cc1cc(S(=O)(=O)NC(C)CCCl)sc1Cl. The summed E-state index contributed by atoms with van der Waals surface area (Å²) in [6, 6.07) is 1.40. The molecule has 1 unspecified atom stereocenters. The topological polar surface area (TPSA) is 46.2 Å². The maximum atomic E-state index is 11.9. The monoisotopic (exact) mass is 301 g/mol. The molecule has 0 fully saturated rings. The number of hydrogen-bond acceptors (Lipinski definition) is 3. The molecule has 1 rings (SSSR count). The normalized spacial score (nSPS) is 14.0. The van der Waals surface area contributed by atoms with Gasteiger partial charge < -0.3 is 0 Å². The summed E-state index contributed by atoms with van der Waals surface area (Å²) in [5, 5.41) is 0. The van der Waals surface area contributed by atoms with E-state index in [1.165, 1.54) is 0 Å². The Labute approximate surface area is 110 Å². The van der Waals surface area contributed by atoms with Crippen LogP contribution in [0.4, 0.5) is 0 Å². The largest absolute Gasteiger partial charge is 0.250 e. The summed E-state index contributed by atoms with van der Waals surface area (Å²) in [7, 11) is -3.46. The van der Waals surface area contributed by atoms with Gasteiger partial charge in [0.2, 0.25) is 10.0 Å². The summed E-state index contributed by atoms with van der Waals surface area (Å²) in [6.45, 7) is 3.56. The molecule has 0 aromatic carbocycles. The fourth-order valence-electron chi connectivity index (χ4n) is 1.11. The predicted molar refractivity (Wildman–Crippen MR) is 69.2 cm³/mol. The van der Waals surface area contributed by atoms with E-state index in [9.17, 15) is 8.42 Å². The van der Waals surface area contributed by atoms with Crippen LogP contribution in [0.1, 0.15) is 18.9 Å². The van der Waals surface area contributed by atoms with Crippen molar-refractivity contribution in [2.24, 2.45) is 0 Å². The van der Waals surface area contributed by atoms with Crippen molar-refractivity contribution in [1.82, 2.24) is 4.72 Å². The van der Waals surface area contributed by atoms with Crippen LogP contribution in [-0.2, 0) is 10.0 Å². The van der Waals surface area contributed by atoms with Crippen LogP contribution >= 0.6 is 34.5 Å². The smallest absolute Gasteiger partial charge is 0.208 e. The molecule has 0 aliphatic heterocycles. The first kappa shape index (κ1) is 14.3. The number of nitrogens with one attached hydrogen (secondary N) is 1. The zero-order valence-electron chi connectivity index (χ0n) is 8.96. The quantitative estimate of drug-likeness (QED) is 0.850. The van der Waals surface area contributed by atoms with E-state index in [0.717, 1.165) is 16.9 Å². The molecule has 0 aliphatic rings. The van der Waals surface area contributed by atoms with Gasteiger partial charge in [0.05, 0.1) is 4.34 Å². The van der Waals surface area contributed by atoms with E-state index in [4.69, 9.17) is 23.2 Å². The number of aryl methyl sites for hydroxylation is 1. The molecule has 1 heterocycles. The van der Waals surface area contributed by atoms with E-state index in [1.807, 2.05) is 0 Å². The molecule has 1 N–H and O–H groups in total. The molecule has 0 aliphatic carbocycles. The van der Waals surface area contributed by atoms with Crippen molar-refractivity contribution in [2.75, 3.05) is 5.88 Å². The second-order valence-corrected chi connectivity index (χ2v) is 7.50. The highest BCUT2D eigenvalue weighted by atomic mass is 35.5. The molecule has 0 bridgehead atoms. The molecule has 1 aromatic heterocycles. The summed E-state index contributed by atoms with van der Waals surface area (Å²) < 4.78 is 27.1. The standard InChI is InChI=1S/C9H13Cl2NO2S2/c1-6-5-8(15-9(6)11)16(13,14)12-7(2)3-4-10/h5,7,12H,3-4H2,1-2H3. The van der Waals surface area contributed by atoms with Gasteiger partial charge >= 0.3 is 0 Å². The van der Waals surface area contributed by atoms with Crippen LogP contribution in [0.25, 0.3) is 0 Å². The number of halogens is 2. The zero-order chi connectivity index (χ0) is 12.3. The Kier molecular flexibility index (Phi) is 5.07. The van der Waals surface area contributed by atoms with E-state index in [-0.39, 0.29) is 10.3 Å². The van der Waals surface area contributed by atoms with Gasteiger partial charge in [-0.2, -0.15) is 0 Å². The fraction of sp³-hybridized carbons (Fsp3) is 0.556. The molecular formula is C9H13Cl2NO2S2.